The van der Waals surface area contributed by atoms with Crippen LogP contribution in [-0.2, 0) is 6.42 Å². The van der Waals surface area contributed by atoms with Gasteiger partial charge in [-0.1, -0.05) is 0 Å². The topological polar surface area (TPSA) is 40.9 Å². The minimum Gasteiger partial charge on any atom is -0.298 e. The molecule has 0 bridgehead atoms. The number of rotatable bonds is 2. The van der Waals surface area contributed by atoms with Gasteiger partial charge in [-0.05, 0) is 12.1 Å². The maximum atomic E-state index is 12.9. The largest absolute Gasteiger partial charge is 0.298 e. The standard InChI is InChI=1S/C9H5F2NO/c10-8-4-6(5-13)3-7(1-2-12)9(8)11/h3-5H,1H2. The van der Waals surface area contributed by atoms with E-state index in [4.69, 9.17) is 5.26 Å². The quantitative estimate of drug-likeness (QED) is 0.653. The minimum atomic E-state index is -1.10. The molecule has 66 valence electrons. The molecule has 1 aromatic rings. The van der Waals surface area contributed by atoms with Crippen molar-refractivity contribution in [3.8, 4) is 6.07 Å². The molecule has 0 spiro atoms. The van der Waals surface area contributed by atoms with Gasteiger partial charge in [0.2, 0.25) is 0 Å². The predicted molar refractivity (Wildman–Crippen MR) is 41.1 cm³/mol. The van der Waals surface area contributed by atoms with Crippen LogP contribution in [0.5, 0.6) is 0 Å². The van der Waals surface area contributed by atoms with Gasteiger partial charge in [-0.15, -0.1) is 0 Å². The zero-order valence-electron chi connectivity index (χ0n) is 6.55. The fourth-order valence-electron chi connectivity index (χ4n) is 0.951. The van der Waals surface area contributed by atoms with E-state index in [1.807, 2.05) is 0 Å². The van der Waals surface area contributed by atoms with Crippen LogP contribution in [0, 0.1) is 23.0 Å². The summed E-state index contributed by atoms with van der Waals surface area (Å²) >= 11 is 0. The second-order valence-electron chi connectivity index (χ2n) is 2.43. The van der Waals surface area contributed by atoms with Crippen LogP contribution in [0.1, 0.15) is 15.9 Å². The van der Waals surface area contributed by atoms with Crippen LogP contribution in [-0.4, -0.2) is 6.29 Å². The molecule has 0 radical (unpaired) electrons. The summed E-state index contributed by atoms with van der Waals surface area (Å²) in [5.74, 6) is -2.16. The molecule has 0 saturated heterocycles. The lowest BCUT2D eigenvalue weighted by Crippen LogP contribution is -1.96. The number of hydrogen-bond donors (Lipinski definition) is 0. The maximum Gasteiger partial charge on any atom is 0.163 e. The fourth-order valence-corrected chi connectivity index (χ4v) is 0.951. The molecule has 0 unspecified atom stereocenters. The van der Waals surface area contributed by atoms with E-state index in [1.165, 1.54) is 0 Å². The lowest BCUT2D eigenvalue weighted by atomic mass is 10.1. The van der Waals surface area contributed by atoms with Crippen LogP contribution >= 0.6 is 0 Å². The Hall–Kier alpha value is -1.76. The molecule has 0 N–H and O–H groups in total. The summed E-state index contributed by atoms with van der Waals surface area (Å²) in [7, 11) is 0. The third kappa shape index (κ3) is 1.88. The summed E-state index contributed by atoms with van der Waals surface area (Å²) in [6.45, 7) is 0. The number of nitriles is 1. The van der Waals surface area contributed by atoms with Gasteiger partial charge in [0.15, 0.2) is 11.6 Å². The number of carbonyl (C=O) groups is 1. The monoisotopic (exact) mass is 181 g/mol. The van der Waals surface area contributed by atoms with E-state index in [0.717, 1.165) is 12.1 Å². The van der Waals surface area contributed by atoms with Crippen LogP contribution in [0.2, 0.25) is 0 Å². The highest BCUT2D eigenvalue weighted by Crippen LogP contribution is 2.14. The van der Waals surface area contributed by atoms with Crippen LogP contribution in [0.4, 0.5) is 8.78 Å². The van der Waals surface area contributed by atoms with Gasteiger partial charge in [0.05, 0.1) is 12.5 Å². The lowest BCUT2D eigenvalue weighted by molar-refractivity contribution is 0.112. The van der Waals surface area contributed by atoms with Crippen molar-refractivity contribution in [3.63, 3.8) is 0 Å². The average Bonchev–Trinajstić information content (AvgIpc) is 2.13. The average molecular weight is 181 g/mol. The van der Waals surface area contributed by atoms with Gasteiger partial charge in [-0.25, -0.2) is 8.78 Å². The zero-order chi connectivity index (χ0) is 9.84. The smallest absolute Gasteiger partial charge is 0.163 e. The minimum absolute atomic E-state index is 0.0316. The van der Waals surface area contributed by atoms with Gasteiger partial charge < -0.3 is 0 Å². The number of aldehydes is 1. The summed E-state index contributed by atoms with van der Waals surface area (Å²) < 4.78 is 25.6. The number of carbonyl (C=O) groups excluding carboxylic acids is 1. The van der Waals surface area contributed by atoms with Crippen molar-refractivity contribution >= 4 is 6.29 Å². The number of hydrogen-bond acceptors (Lipinski definition) is 2. The molecule has 4 heteroatoms. The normalized spacial score (nSPS) is 9.31. The van der Waals surface area contributed by atoms with Gasteiger partial charge in [0.1, 0.15) is 6.29 Å². The molecule has 1 aromatic carbocycles. The molecular weight excluding hydrogens is 176 g/mol. The molecule has 0 aromatic heterocycles. The van der Waals surface area contributed by atoms with Gasteiger partial charge in [-0.3, -0.25) is 4.79 Å². The van der Waals surface area contributed by atoms with E-state index in [0.29, 0.717) is 6.29 Å². The first-order valence-corrected chi connectivity index (χ1v) is 3.49. The molecular formula is C9H5F2NO. The Balaban J connectivity index is 3.25. The van der Waals surface area contributed by atoms with Gasteiger partial charge in [0.25, 0.3) is 0 Å². The number of nitrogens with zero attached hydrogens (tertiary/aromatic N) is 1. The van der Waals surface area contributed by atoms with Crippen molar-refractivity contribution in [2.75, 3.05) is 0 Å². The molecule has 0 amide bonds. The molecule has 0 fully saturated rings. The van der Waals surface area contributed by atoms with E-state index in [2.05, 4.69) is 0 Å². The van der Waals surface area contributed by atoms with Crippen molar-refractivity contribution in [3.05, 3.63) is 34.9 Å². The fraction of sp³-hybridized carbons (Fsp3) is 0.111. The van der Waals surface area contributed by atoms with Gasteiger partial charge in [0, 0.05) is 11.1 Å². The third-order valence-electron chi connectivity index (χ3n) is 1.53. The first-order chi connectivity index (χ1) is 6.19. The van der Waals surface area contributed by atoms with E-state index < -0.39 is 11.6 Å². The molecule has 1 rings (SSSR count). The van der Waals surface area contributed by atoms with Crippen LogP contribution in [0.3, 0.4) is 0 Å². The van der Waals surface area contributed by atoms with Gasteiger partial charge >= 0.3 is 0 Å². The Labute approximate surface area is 73.4 Å². The van der Waals surface area contributed by atoms with E-state index in [-0.39, 0.29) is 17.5 Å². The summed E-state index contributed by atoms with van der Waals surface area (Å²) in [6, 6.07) is 3.64. The van der Waals surface area contributed by atoms with Crippen molar-refractivity contribution in [1.82, 2.24) is 0 Å². The lowest BCUT2D eigenvalue weighted by Gasteiger charge is -2.00. The molecule has 0 aliphatic carbocycles. The maximum absolute atomic E-state index is 12.9. The molecule has 0 aliphatic heterocycles. The van der Waals surface area contributed by atoms with Gasteiger partial charge in [-0.2, -0.15) is 5.26 Å². The molecule has 0 saturated carbocycles. The summed E-state index contributed by atoms with van der Waals surface area (Å²) in [4.78, 5) is 10.3. The number of benzene rings is 1. The highest BCUT2D eigenvalue weighted by molar-refractivity contribution is 5.75. The van der Waals surface area contributed by atoms with Crippen molar-refractivity contribution in [2.24, 2.45) is 0 Å². The second-order valence-corrected chi connectivity index (χ2v) is 2.43. The summed E-state index contributed by atoms with van der Waals surface area (Å²) in [5, 5.41) is 8.27. The van der Waals surface area contributed by atoms with E-state index >= 15 is 0 Å². The SMILES string of the molecule is N#CCc1cc(C=O)cc(F)c1F. The van der Waals surface area contributed by atoms with Crippen molar-refractivity contribution in [1.29, 1.82) is 5.26 Å². The Morgan fingerprint density at radius 3 is 2.69 bits per heavy atom. The van der Waals surface area contributed by atoms with Crippen LogP contribution in [0.25, 0.3) is 0 Å². The Bertz CT molecular complexity index is 382. The van der Waals surface area contributed by atoms with Crippen LogP contribution < -0.4 is 0 Å². The highest BCUT2D eigenvalue weighted by Gasteiger charge is 2.09. The molecule has 0 heterocycles. The van der Waals surface area contributed by atoms with E-state index in [1.54, 1.807) is 6.07 Å². The molecule has 0 atom stereocenters. The predicted octanol–water partition coefficient (Wildman–Crippen LogP) is 1.84. The summed E-state index contributed by atoms with van der Waals surface area (Å²) in [5.41, 5.74) is -0.0613. The Kier molecular flexibility index (Phi) is 2.70. The summed E-state index contributed by atoms with van der Waals surface area (Å²) in [6.07, 6.45) is 0.161. The Morgan fingerprint density at radius 2 is 2.15 bits per heavy atom. The van der Waals surface area contributed by atoms with Crippen LogP contribution in [0.15, 0.2) is 12.1 Å². The first-order valence-electron chi connectivity index (χ1n) is 3.49. The third-order valence-corrected chi connectivity index (χ3v) is 1.53. The van der Waals surface area contributed by atoms with Crippen molar-refractivity contribution in [2.45, 2.75) is 6.42 Å². The second kappa shape index (κ2) is 3.76. The number of halogens is 2. The highest BCUT2D eigenvalue weighted by atomic mass is 19.2. The zero-order valence-corrected chi connectivity index (χ0v) is 6.55. The molecule has 2 nitrogen and oxygen atoms in total. The first kappa shape index (κ1) is 9.33. The molecule has 0 aliphatic rings. The molecule has 13 heavy (non-hydrogen) atoms. The Morgan fingerprint density at radius 1 is 1.46 bits per heavy atom. The van der Waals surface area contributed by atoms with Crippen molar-refractivity contribution < 1.29 is 13.6 Å². The van der Waals surface area contributed by atoms with E-state index in [9.17, 15) is 13.6 Å².